The first-order valence-electron chi connectivity index (χ1n) is 7.89. The number of anilines is 1. The first kappa shape index (κ1) is 16.0. The molecule has 1 aliphatic heterocycles. The predicted molar refractivity (Wildman–Crippen MR) is 91.9 cm³/mol. The molecular formula is C19H19N3O2. The summed E-state index contributed by atoms with van der Waals surface area (Å²) in [6, 6.07) is 14.3. The number of nitriles is 1. The smallest absolute Gasteiger partial charge is 0.251 e. The molecule has 0 fully saturated rings. The Bertz CT molecular complexity index is 793. The summed E-state index contributed by atoms with van der Waals surface area (Å²) in [5.74, 6) is -0.264. The van der Waals surface area contributed by atoms with Crippen LogP contribution in [-0.2, 0) is 6.42 Å². The van der Waals surface area contributed by atoms with E-state index in [1.54, 1.807) is 24.3 Å². The van der Waals surface area contributed by atoms with Crippen LogP contribution in [0.3, 0.4) is 0 Å². The molecule has 1 amide bonds. The zero-order chi connectivity index (χ0) is 17.1. The van der Waals surface area contributed by atoms with Gasteiger partial charge in [-0.15, -0.1) is 0 Å². The number of likely N-dealkylation sites (N-methyl/N-ethyl adjacent to an activating group) is 1. The number of carbonyl (C=O) groups is 1. The number of hydrogen-bond donors (Lipinski definition) is 2. The SMILES string of the molecule is CN1CCc2cc(C(O)CNC(=O)c3ccc(C#N)cc3)ccc21. The molecular weight excluding hydrogens is 302 g/mol. The second-order valence-corrected chi connectivity index (χ2v) is 5.97. The van der Waals surface area contributed by atoms with Gasteiger partial charge in [0.25, 0.3) is 5.91 Å². The molecule has 2 aromatic carbocycles. The molecule has 24 heavy (non-hydrogen) atoms. The van der Waals surface area contributed by atoms with Crippen molar-refractivity contribution in [3.63, 3.8) is 0 Å². The van der Waals surface area contributed by atoms with Crippen LogP contribution < -0.4 is 10.2 Å². The van der Waals surface area contributed by atoms with Crippen LogP contribution in [0.4, 0.5) is 5.69 Å². The molecule has 0 radical (unpaired) electrons. The number of carbonyl (C=O) groups excluding carboxylic acids is 1. The molecule has 1 aliphatic rings. The summed E-state index contributed by atoms with van der Waals surface area (Å²) in [7, 11) is 2.06. The molecule has 5 heteroatoms. The van der Waals surface area contributed by atoms with Gasteiger partial charge < -0.3 is 15.3 Å². The average Bonchev–Trinajstić information content (AvgIpc) is 3.00. The van der Waals surface area contributed by atoms with Crippen molar-refractivity contribution in [2.45, 2.75) is 12.5 Å². The topological polar surface area (TPSA) is 76.4 Å². The maximum atomic E-state index is 12.1. The predicted octanol–water partition coefficient (Wildman–Crippen LogP) is 2.01. The lowest BCUT2D eigenvalue weighted by Crippen LogP contribution is -2.28. The Morgan fingerprint density at radius 2 is 2.08 bits per heavy atom. The van der Waals surface area contributed by atoms with Crippen LogP contribution in [0.25, 0.3) is 0 Å². The molecule has 0 aliphatic carbocycles. The van der Waals surface area contributed by atoms with E-state index in [-0.39, 0.29) is 12.5 Å². The molecule has 3 rings (SSSR count). The monoisotopic (exact) mass is 321 g/mol. The summed E-state index contributed by atoms with van der Waals surface area (Å²) in [6.45, 7) is 1.14. The number of amides is 1. The summed E-state index contributed by atoms with van der Waals surface area (Å²) in [4.78, 5) is 14.3. The highest BCUT2D eigenvalue weighted by molar-refractivity contribution is 5.94. The van der Waals surface area contributed by atoms with Crippen molar-refractivity contribution in [2.75, 3.05) is 25.0 Å². The van der Waals surface area contributed by atoms with Crippen molar-refractivity contribution in [1.82, 2.24) is 5.32 Å². The van der Waals surface area contributed by atoms with Crippen LogP contribution in [0.5, 0.6) is 0 Å². The van der Waals surface area contributed by atoms with E-state index in [2.05, 4.69) is 17.3 Å². The minimum atomic E-state index is -0.747. The van der Waals surface area contributed by atoms with Crippen LogP contribution >= 0.6 is 0 Å². The van der Waals surface area contributed by atoms with Crippen LogP contribution in [-0.4, -0.2) is 31.2 Å². The third-order valence-corrected chi connectivity index (χ3v) is 4.35. The third kappa shape index (κ3) is 3.24. The molecule has 2 N–H and O–H groups in total. The first-order valence-corrected chi connectivity index (χ1v) is 7.89. The molecule has 0 spiro atoms. The van der Waals surface area contributed by atoms with E-state index in [0.717, 1.165) is 18.5 Å². The minimum Gasteiger partial charge on any atom is -0.387 e. The first-order chi connectivity index (χ1) is 11.6. The van der Waals surface area contributed by atoms with E-state index in [0.29, 0.717) is 11.1 Å². The van der Waals surface area contributed by atoms with E-state index >= 15 is 0 Å². The van der Waals surface area contributed by atoms with Gasteiger partial charge in [0.2, 0.25) is 0 Å². The van der Waals surface area contributed by atoms with Crippen molar-refractivity contribution < 1.29 is 9.90 Å². The van der Waals surface area contributed by atoms with Crippen molar-refractivity contribution in [2.24, 2.45) is 0 Å². The van der Waals surface area contributed by atoms with Crippen LogP contribution in [0, 0.1) is 11.3 Å². The molecule has 1 atom stereocenters. The Morgan fingerprint density at radius 1 is 1.33 bits per heavy atom. The number of benzene rings is 2. The number of rotatable bonds is 4. The summed E-state index contributed by atoms with van der Waals surface area (Å²) in [5, 5.41) is 21.8. The lowest BCUT2D eigenvalue weighted by atomic mass is 10.0. The van der Waals surface area contributed by atoms with E-state index < -0.39 is 6.10 Å². The fourth-order valence-corrected chi connectivity index (χ4v) is 2.90. The molecule has 1 unspecified atom stereocenters. The number of hydrogen-bond acceptors (Lipinski definition) is 4. The van der Waals surface area contributed by atoms with Gasteiger partial charge in [0.05, 0.1) is 17.7 Å². The Balaban J connectivity index is 1.62. The van der Waals surface area contributed by atoms with Gasteiger partial charge in [0.1, 0.15) is 0 Å². The van der Waals surface area contributed by atoms with E-state index in [4.69, 9.17) is 5.26 Å². The number of aliphatic hydroxyl groups is 1. The number of nitrogens with one attached hydrogen (secondary N) is 1. The number of nitrogens with zero attached hydrogens (tertiary/aromatic N) is 2. The zero-order valence-corrected chi connectivity index (χ0v) is 13.5. The van der Waals surface area contributed by atoms with E-state index in [1.807, 2.05) is 24.3 Å². The van der Waals surface area contributed by atoms with Crippen LogP contribution in [0.1, 0.15) is 33.2 Å². The van der Waals surface area contributed by atoms with Gasteiger partial charge in [0, 0.05) is 31.4 Å². The largest absolute Gasteiger partial charge is 0.387 e. The van der Waals surface area contributed by atoms with Gasteiger partial charge >= 0.3 is 0 Å². The molecule has 2 aromatic rings. The van der Waals surface area contributed by atoms with Gasteiger partial charge in [-0.2, -0.15) is 5.26 Å². The van der Waals surface area contributed by atoms with Crippen LogP contribution in [0.15, 0.2) is 42.5 Å². The highest BCUT2D eigenvalue weighted by Gasteiger charge is 2.18. The zero-order valence-electron chi connectivity index (χ0n) is 13.5. The van der Waals surface area contributed by atoms with Crippen molar-refractivity contribution in [3.8, 4) is 6.07 Å². The fourth-order valence-electron chi connectivity index (χ4n) is 2.90. The van der Waals surface area contributed by atoms with Crippen molar-refractivity contribution in [3.05, 3.63) is 64.7 Å². The van der Waals surface area contributed by atoms with Gasteiger partial charge in [0.15, 0.2) is 0 Å². The Morgan fingerprint density at radius 3 is 2.79 bits per heavy atom. The summed E-state index contributed by atoms with van der Waals surface area (Å²) in [5.41, 5.74) is 4.22. The summed E-state index contributed by atoms with van der Waals surface area (Å²) >= 11 is 0. The van der Waals surface area contributed by atoms with E-state index in [1.165, 1.54) is 11.3 Å². The molecule has 5 nitrogen and oxygen atoms in total. The Kier molecular flexibility index (Phi) is 4.50. The Hall–Kier alpha value is -2.84. The Labute approximate surface area is 141 Å². The molecule has 0 saturated heterocycles. The lowest BCUT2D eigenvalue weighted by molar-refractivity contribution is 0.0916. The van der Waals surface area contributed by atoms with Crippen LogP contribution in [0.2, 0.25) is 0 Å². The number of fused-ring (bicyclic) bond motifs is 1. The maximum Gasteiger partial charge on any atom is 0.251 e. The molecule has 122 valence electrons. The van der Waals surface area contributed by atoms with E-state index in [9.17, 15) is 9.90 Å². The minimum absolute atomic E-state index is 0.146. The highest BCUT2D eigenvalue weighted by Crippen LogP contribution is 2.29. The van der Waals surface area contributed by atoms with Gasteiger partial charge in [-0.3, -0.25) is 4.79 Å². The average molecular weight is 321 g/mol. The van der Waals surface area contributed by atoms with Gasteiger partial charge in [-0.1, -0.05) is 12.1 Å². The standard InChI is InChI=1S/C19H19N3O2/c1-22-9-8-15-10-16(6-7-17(15)22)18(23)12-21-19(24)14-4-2-13(11-20)3-5-14/h2-7,10,18,23H,8-9,12H2,1H3,(H,21,24). The third-order valence-electron chi connectivity index (χ3n) is 4.35. The molecule has 0 aromatic heterocycles. The second kappa shape index (κ2) is 6.73. The maximum absolute atomic E-state index is 12.1. The molecule has 0 saturated carbocycles. The van der Waals surface area contributed by atoms with Crippen molar-refractivity contribution in [1.29, 1.82) is 5.26 Å². The quantitative estimate of drug-likeness (QED) is 0.903. The second-order valence-electron chi connectivity index (χ2n) is 5.97. The lowest BCUT2D eigenvalue weighted by Gasteiger charge is -2.15. The summed E-state index contributed by atoms with van der Waals surface area (Å²) < 4.78 is 0. The van der Waals surface area contributed by atoms with Crippen molar-refractivity contribution >= 4 is 11.6 Å². The summed E-state index contributed by atoms with van der Waals surface area (Å²) in [6.07, 6.45) is 0.229. The normalized spacial score (nSPS) is 14.0. The highest BCUT2D eigenvalue weighted by atomic mass is 16.3. The number of aliphatic hydroxyl groups excluding tert-OH is 1. The van der Waals surface area contributed by atoms with Gasteiger partial charge in [-0.05, 0) is 47.9 Å². The van der Waals surface area contributed by atoms with Gasteiger partial charge in [-0.25, -0.2) is 0 Å². The fraction of sp³-hybridized carbons (Fsp3) is 0.263. The molecule has 1 heterocycles. The molecule has 0 bridgehead atoms.